The molecular weight excluding hydrogens is 515 g/mol. The highest BCUT2D eigenvalue weighted by Gasteiger charge is 2.45. The van der Waals surface area contributed by atoms with E-state index in [1.165, 1.54) is 23.4 Å². The van der Waals surface area contributed by atoms with Crippen LogP contribution >= 0.6 is 23.5 Å². The van der Waals surface area contributed by atoms with Crippen molar-refractivity contribution in [2.75, 3.05) is 6.61 Å². The van der Waals surface area contributed by atoms with Gasteiger partial charge in [0.25, 0.3) is 23.5 Å². The van der Waals surface area contributed by atoms with Crippen molar-refractivity contribution in [2.45, 2.75) is 24.5 Å². The Labute approximate surface area is 182 Å². The van der Waals surface area contributed by atoms with Gasteiger partial charge in [0.15, 0.2) is 23.0 Å². The molecular formula is C12H13N5O13P3-3. The topological polar surface area (TPSA) is 266 Å². The van der Waals surface area contributed by atoms with Gasteiger partial charge in [-0.2, -0.15) is 0 Å². The summed E-state index contributed by atoms with van der Waals surface area (Å²) < 4.78 is 52.6. The Hall–Kier alpha value is -1.62. The molecule has 0 spiro atoms. The number of fused-ring (bicyclic) bond motifs is 3. The fourth-order valence-corrected chi connectivity index (χ4v) is 5.98. The zero-order chi connectivity index (χ0) is 24.2. The Balaban J connectivity index is 1.47. The Bertz CT molecular complexity index is 1320. The fourth-order valence-electron chi connectivity index (χ4n) is 3.08. The van der Waals surface area contributed by atoms with Gasteiger partial charge in [-0.05, 0) is 0 Å². The quantitative estimate of drug-likeness (QED) is 0.248. The summed E-state index contributed by atoms with van der Waals surface area (Å²) in [5.41, 5.74) is 1.02. The van der Waals surface area contributed by atoms with Crippen molar-refractivity contribution < 1.29 is 61.4 Å². The fraction of sp³-hybridized carbons (Fsp3) is 0.417. The lowest BCUT2D eigenvalue weighted by molar-refractivity contribution is -0.250. The van der Waals surface area contributed by atoms with Crippen LogP contribution in [0.25, 0.3) is 16.8 Å². The van der Waals surface area contributed by atoms with Crippen LogP contribution in [0.3, 0.4) is 0 Å². The molecule has 0 saturated carbocycles. The molecule has 4 rings (SSSR count). The molecule has 3 aromatic heterocycles. The van der Waals surface area contributed by atoms with Gasteiger partial charge in [-0.15, -0.1) is 0 Å². The molecule has 33 heavy (non-hydrogen) atoms. The van der Waals surface area contributed by atoms with Crippen LogP contribution in [0.4, 0.5) is 0 Å². The standard InChI is InChI=1S/C12H16N5O13P3/c18-8-6(3-27-32(23,24)30-33(25,26)29-31(20,21)22)28-12(9(8)19)17-5-14-7-10-13-1-2-16(10)4-15-11(7)17/h1-2,4-6,8-9,12,18-19H,3H2,(H,23,24)(H,25,26)(H2,20,21,22)/p-3/t6-,8?,9+,12-/m1/s1. The number of phosphoric ester groups is 1. The van der Waals surface area contributed by atoms with Gasteiger partial charge in [0, 0.05) is 12.4 Å². The number of aromatic nitrogens is 5. The van der Waals surface area contributed by atoms with Crippen molar-refractivity contribution >= 4 is 40.3 Å². The van der Waals surface area contributed by atoms with Gasteiger partial charge >= 0.3 is 0 Å². The van der Waals surface area contributed by atoms with Gasteiger partial charge in [0.1, 0.15) is 24.6 Å². The molecule has 0 aromatic carbocycles. The van der Waals surface area contributed by atoms with E-state index in [1.807, 2.05) is 0 Å². The Kier molecular flexibility index (Phi) is 6.35. The van der Waals surface area contributed by atoms with Crippen molar-refractivity contribution in [3.8, 4) is 0 Å². The Morgan fingerprint density at radius 3 is 2.42 bits per heavy atom. The minimum absolute atomic E-state index is 0.222. The molecule has 1 aliphatic heterocycles. The summed E-state index contributed by atoms with van der Waals surface area (Å²) in [4.78, 5) is 54.2. The summed E-state index contributed by atoms with van der Waals surface area (Å²) in [6.07, 6.45) is -0.332. The molecule has 0 aliphatic carbocycles. The minimum atomic E-state index is -6.08. The second kappa shape index (κ2) is 8.55. The molecule has 182 valence electrons. The number of nitrogens with zero attached hydrogens (tertiary/aromatic N) is 5. The third kappa shape index (κ3) is 5.23. The van der Waals surface area contributed by atoms with Crippen molar-refractivity contribution in [1.82, 2.24) is 23.9 Å². The molecule has 0 bridgehead atoms. The number of aliphatic hydroxyl groups excluding tert-OH is 2. The first-order valence-corrected chi connectivity index (χ1v) is 13.1. The molecule has 4 heterocycles. The van der Waals surface area contributed by atoms with Crippen molar-refractivity contribution in [3.05, 3.63) is 25.0 Å². The summed E-state index contributed by atoms with van der Waals surface area (Å²) in [7, 11) is -17.7. The van der Waals surface area contributed by atoms with Crippen LogP contribution in [0.15, 0.2) is 25.0 Å². The zero-order valence-corrected chi connectivity index (χ0v) is 18.5. The van der Waals surface area contributed by atoms with Crippen molar-refractivity contribution in [2.24, 2.45) is 0 Å². The highest BCUT2D eigenvalue weighted by molar-refractivity contribution is 7.65. The SMILES string of the molecule is O=P([O-])(O)OP(=O)([O-])OP(=O)([O-])OC[C@H]1O[C@@H](n2cnc3c2ncn2ccnc32)[C@@H](O)C1O. The van der Waals surface area contributed by atoms with Crippen LogP contribution < -0.4 is 14.7 Å². The largest absolute Gasteiger partial charge is 0.756 e. The zero-order valence-electron chi connectivity index (χ0n) is 15.8. The number of ether oxygens (including phenoxy) is 1. The van der Waals surface area contributed by atoms with E-state index < -0.39 is 54.6 Å². The van der Waals surface area contributed by atoms with Gasteiger partial charge in [-0.25, -0.2) is 23.6 Å². The molecule has 3 N–H and O–H groups in total. The third-order valence-corrected chi connectivity index (χ3v) is 8.05. The van der Waals surface area contributed by atoms with E-state index >= 15 is 0 Å². The molecule has 0 amide bonds. The molecule has 18 nitrogen and oxygen atoms in total. The summed E-state index contributed by atoms with van der Waals surface area (Å²) in [5.74, 6) is 0. The van der Waals surface area contributed by atoms with Gasteiger partial charge in [0.2, 0.25) is 0 Å². The van der Waals surface area contributed by atoms with Gasteiger partial charge in [-0.3, -0.25) is 22.7 Å². The maximum absolute atomic E-state index is 11.7. The highest BCUT2D eigenvalue weighted by Crippen LogP contribution is 2.61. The average Bonchev–Trinajstić information content (AvgIpc) is 3.35. The first-order chi connectivity index (χ1) is 15.3. The number of hydrogen-bond donors (Lipinski definition) is 3. The van der Waals surface area contributed by atoms with E-state index in [2.05, 4.69) is 28.1 Å². The Morgan fingerprint density at radius 1 is 1.00 bits per heavy atom. The molecule has 3 aromatic rings. The number of phosphoric acid groups is 3. The van der Waals surface area contributed by atoms with E-state index in [1.54, 1.807) is 10.6 Å². The van der Waals surface area contributed by atoms with Crippen LogP contribution in [-0.2, 0) is 31.6 Å². The van der Waals surface area contributed by atoms with E-state index in [-0.39, 0.29) is 5.65 Å². The highest BCUT2D eigenvalue weighted by atomic mass is 31.3. The summed E-state index contributed by atoms with van der Waals surface area (Å²) >= 11 is 0. The lowest BCUT2D eigenvalue weighted by Crippen LogP contribution is -2.34. The minimum Gasteiger partial charge on any atom is -0.756 e. The van der Waals surface area contributed by atoms with Gasteiger partial charge < -0.3 is 39.0 Å². The third-order valence-electron chi connectivity index (χ3n) is 4.36. The normalized spacial score (nSPS) is 29.2. The predicted molar refractivity (Wildman–Crippen MR) is 95.4 cm³/mol. The lowest BCUT2D eigenvalue weighted by atomic mass is 10.1. The molecule has 21 heteroatoms. The summed E-state index contributed by atoms with van der Waals surface area (Å²) in [6, 6.07) is 0. The van der Waals surface area contributed by atoms with Gasteiger partial charge in [0.05, 0.1) is 12.9 Å². The van der Waals surface area contributed by atoms with E-state index in [4.69, 9.17) is 9.63 Å². The second-order valence-electron chi connectivity index (χ2n) is 6.60. The predicted octanol–water partition coefficient (Wildman–Crippen LogP) is -2.85. The smallest absolute Gasteiger partial charge is 0.280 e. The first kappa shape index (κ1) is 24.5. The Morgan fingerprint density at radius 2 is 1.73 bits per heavy atom. The molecule has 1 fully saturated rings. The number of aliphatic hydroxyl groups is 2. The van der Waals surface area contributed by atoms with Crippen LogP contribution in [0, 0.1) is 0 Å². The first-order valence-electron chi connectivity index (χ1n) is 8.65. The van der Waals surface area contributed by atoms with E-state index in [0.717, 1.165) is 0 Å². The van der Waals surface area contributed by atoms with Crippen molar-refractivity contribution in [3.63, 3.8) is 0 Å². The number of rotatable bonds is 8. The summed E-state index contributed by atoms with van der Waals surface area (Å²) in [6.45, 7) is -1.05. The monoisotopic (exact) mass is 528 g/mol. The summed E-state index contributed by atoms with van der Waals surface area (Å²) in [5, 5.41) is 20.6. The number of imidazole rings is 2. The van der Waals surface area contributed by atoms with Crippen LogP contribution in [0.5, 0.6) is 0 Å². The van der Waals surface area contributed by atoms with Gasteiger partial charge in [-0.1, -0.05) is 0 Å². The lowest BCUT2D eigenvalue weighted by Gasteiger charge is -2.33. The molecule has 4 unspecified atom stereocenters. The van der Waals surface area contributed by atoms with E-state index in [9.17, 15) is 38.6 Å². The maximum atomic E-state index is 11.7. The van der Waals surface area contributed by atoms with E-state index in [0.29, 0.717) is 11.2 Å². The van der Waals surface area contributed by atoms with Crippen LogP contribution in [0.1, 0.15) is 6.23 Å². The molecule has 0 radical (unpaired) electrons. The van der Waals surface area contributed by atoms with Crippen LogP contribution in [-0.4, -0.2) is 63.9 Å². The van der Waals surface area contributed by atoms with Crippen LogP contribution in [0.2, 0.25) is 0 Å². The second-order valence-corrected chi connectivity index (χ2v) is 10.9. The maximum Gasteiger partial charge on any atom is 0.280 e. The number of hydrogen-bond acceptors (Lipinski definition) is 15. The van der Waals surface area contributed by atoms with Crippen molar-refractivity contribution in [1.29, 1.82) is 0 Å². The molecule has 1 aliphatic rings. The average molecular weight is 528 g/mol. The molecule has 1 saturated heterocycles. The molecule has 7 atom stereocenters.